The van der Waals surface area contributed by atoms with Crippen molar-refractivity contribution in [3.05, 3.63) is 70.1 Å². The zero-order chi connectivity index (χ0) is 16.9. The number of hydrogen-bond donors (Lipinski definition) is 0. The molecule has 1 heterocycles. The monoisotopic (exact) mass is 355 g/mol. The maximum Gasteiger partial charge on any atom is 0.285 e. The third-order valence-corrected chi connectivity index (χ3v) is 5.45. The average Bonchev–Trinajstić information content (AvgIpc) is 2.96. The maximum absolute atomic E-state index is 11.8. The summed E-state index contributed by atoms with van der Waals surface area (Å²) in [6.45, 7) is 2.61. The van der Waals surface area contributed by atoms with Gasteiger partial charge in [0.2, 0.25) is 0 Å². The van der Waals surface area contributed by atoms with Crippen molar-refractivity contribution in [2.45, 2.75) is 13.5 Å². The molecular formula is C19H17NO2S2. The standard InChI is InChI=1S/C19H17NO2S2/c1-13-3-5-15(6-4-13)12-22-16-9-7-14(8-10-16)11-17-18(21)20-19(23-2)24-17/h3-11H,12H2,1-2H3. The molecular weight excluding hydrogens is 338 g/mol. The van der Waals surface area contributed by atoms with Crippen LogP contribution in [0, 0.1) is 6.92 Å². The van der Waals surface area contributed by atoms with Gasteiger partial charge in [-0.2, -0.15) is 4.99 Å². The van der Waals surface area contributed by atoms with Crippen molar-refractivity contribution in [1.29, 1.82) is 0 Å². The SMILES string of the molecule is CSC1=NC(=O)C(=Cc2ccc(OCc3ccc(C)cc3)cc2)S1. The summed E-state index contributed by atoms with van der Waals surface area (Å²) < 4.78 is 6.59. The van der Waals surface area contributed by atoms with Crippen molar-refractivity contribution < 1.29 is 9.53 Å². The highest BCUT2D eigenvalue weighted by Gasteiger charge is 2.20. The van der Waals surface area contributed by atoms with E-state index >= 15 is 0 Å². The zero-order valence-corrected chi connectivity index (χ0v) is 15.1. The molecule has 5 heteroatoms. The molecule has 0 spiro atoms. The highest BCUT2D eigenvalue weighted by molar-refractivity contribution is 8.40. The van der Waals surface area contributed by atoms with E-state index in [4.69, 9.17) is 4.74 Å². The van der Waals surface area contributed by atoms with Gasteiger partial charge in [0.25, 0.3) is 5.91 Å². The molecule has 0 aliphatic carbocycles. The van der Waals surface area contributed by atoms with E-state index in [2.05, 4.69) is 36.2 Å². The summed E-state index contributed by atoms with van der Waals surface area (Å²) in [5.41, 5.74) is 3.34. The Bertz CT molecular complexity index is 793. The van der Waals surface area contributed by atoms with Crippen molar-refractivity contribution in [2.75, 3.05) is 6.26 Å². The Hall–Kier alpha value is -1.98. The van der Waals surface area contributed by atoms with Gasteiger partial charge in [0, 0.05) is 0 Å². The molecule has 1 amide bonds. The van der Waals surface area contributed by atoms with Crippen LogP contribution < -0.4 is 4.74 Å². The number of carbonyl (C=O) groups excluding carboxylic acids is 1. The summed E-state index contributed by atoms with van der Waals surface area (Å²) in [4.78, 5) is 16.4. The minimum absolute atomic E-state index is 0.163. The van der Waals surface area contributed by atoms with Crippen LogP contribution in [0.1, 0.15) is 16.7 Å². The minimum atomic E-state index is -0.163. The molecule has 0 N–H and O–H groups in total. The Labute approximate surface area is 150 Å². The number of nitrogens with zero attached hydrogens (tertiary/aromatic N) is 1. The van der Waals surface area contributed by atoms with E-state index in [-0.39, 0.29) is 5.91 Å². The van der Waals surface area contributed by atoms with Crippen LogP contribution in [0.15, 0.2) is 58.4 Å². The number of benzene rings is 2. The van der Waals surface area contributed by atoms with Crippen molar-refractivity contribution in [3.63, 3.8) is 0 Å². The number of amides is 1. The van der Waals surface area contributed by atoms with Gasteiger partial charge in [-0.1, -0.05) is 53.7 Å². The van der Waals surface area contributed by atoms with Crippen LogP contribution in [-0.2, 0) is 11.4 Å². The van der Waals surface area contributed by atoms with Gasteiger partial charge in [-0.15, -0.1) is 11.8 Å². The highest BCUT2D eigenvalue weighted by Crippen LogP contribution is 2.32. The summed E-state index contributed by atoms with van der Waals surface area (Å²) >= 11 is 2.91. The summed E-state index contributed by atoms with van der Waals surface area (Å²) in [5, 5.41) is 0. The fourth-order valence-electron chi connectivity index (χ4n) is 2.14. The van der Waals surface area contributed by atoms with Gasteiger partial charge >= 0.3 is 0 Å². The summed E-state index contributed by atoms with van der Waals surface area (Å²) in [5.74, 6) is 0.647. The Morgan fingerprint density at radius 1 is 1.12 bits per heavy atom. The fourth-order valence-corrected chi connectivity index (χ4v) is 3.56. The number of aryl methyl sites for hydroxylation is 1. The Kier molecular flexibility index (Phi) is 5.43. The Morgan fingerprint density at radius 3 is 2.46 bits per heavy atom. The molecule has 24 heavy (non-hydrogen) atoms. The van der Waals surface area contributed by atoms with E-state index < -0.39 is 0 Å². The molecule has 0 saturated heterocycles. The second kappa shape index (κ2) is 7.73. The molecule has 0 aromatic heterocycles. The van der Waals surface area contributed by atoms with Crippen LogP contribution in [0.3, 0.4) is 0 Å². The smallest absolute Gasteiger partial charge is 0.285 e. The molecule has 1 aliphatic rings. The molecule has 3 rings (SSSR count). The largest absolute Gasteiger partial charge is 0.489 e. The number of hydrogen-bond acceptors (Lipinski definition) is 4. The lowest BCUT2D eigenvalue weighted by molar-refractivity contribution is -0.113. The van der Waals surface area contributed by atoms with Gasteiger partial charge in [-0.3, -0.25) is 4.79 Å². The Balaban J connectivity index is 1.61. The van der Waals surface area contributed by atoms with Gasteiger partial charge in [0.1, 0.15) is 16.7 Å². The van der Waals surface area contributed by atoms with Crippen molar-refractivity contribution >= 4 is 39.9 Å². The van der Waals surface area contributed by atoms with E-state index in [1.54, 1.807) is 0 Å². The molecule has 2 aromatic rings. The van der Waals surface area contributed by atoms with Gasteiger partial charge in [-0.25, -0.2) is 0 Å². The second-order valence-corrected chi connectivity index (χ2v) is 7.42. The van der Waals surface area contributed by atoms with Crippen LogP contribution in [0.5, 0.6) is 5.75 Å². The van der Waals surface area contributed by atoms with E-state index in [1.165, 1.54) is 29.1 Å². The van der Waals surface area contributed by atoms with Crippen LogP contribution in [-0.4, -0.2) is 16.5 Å². The van der Waals surface area contributed by atoms with E-state index in [1.807, 2.05) is 36.6 Å². The number of ether oxygens (including phenoxy) is 1. The third kappa shape index (κ3) is 4.30. The highest BCUT2D eigenvalue weighted by atomic mass is 32.2. The van der Waals surface area contributed by atoms with Crippen molar-refractivity contribution in [3.8, 4) is 5.75 Å². The third-order valence-electron chi connectivity index (χ3n) is 3.48. The maximum atomic E-state index is 11.8. The minimum Gasteiger partial charge on any atom is -0.489 e. The molecule has 0 fully saturated rings. The van der Waals surface area contributed by atoms with Crippen molar-refractivity contribution in [2.24, 2.45) is 4.99 Å². The topological polar surface area (TPSA) is 38.7 Å². The number of carbonyl (C=O) groups is 1. The summed E-state index contributed by atoms with van der Waals surface area (Å²) in [7, 11) is 0. The van der Waals surface area contributed by atoms with Crippen molar-refractivity contribution in [1.82, 2.24) is 0 Å². The van der Waals surface area contributed by atoms with E-state index in [9.17, 15) is 4.79 Å². The number of rotatable bonds is 4. The predicted molar refractivity (Wildman–Crippen MR) is 103 cm³/mol. The number of thioether (sulfide) groups is 2. The zero-order valence-electron chi connectivity index (χ0n) is 13.5. The van der Waals surface area contributed by atoms with E-state index in [0.717, 1.165) is 21.3 Å². The van der Waals surface area contributed by atoms with Gasteiger partial charge in [0.05, 0.1) is 4.91 Å². The molecule has 0 atom stereocenters. The molecule has 122 valence electrons. The normalized spacial score (nSPS) is 15.7. The van der Waals surface area contributed by atoms with Crippen LogP contribution >= 0.6 is 23.5 Å². The van der Waals surface area contributed by atoms with E-state index in [0.29, 0.717) is 11.5 Å². The predicted octanol–water partition coefficient (Wildman–Crippen LogP) is 4.91. The molecule has 0 unspecified atom stereocenters. The summed E-state index contributed by atoms with van der Waals surface area (Å²) in [6.07, 6.45) is 3.78. The van der Waals surface area contributed by atoms with Gasteiger partial charge < -0.3 is 4.74 Å². The van der Waals surface area contributed by atoms with Crippen LogP contribution in [0.2, 0.25) is 0 Å². The molecule has 3 nitrogen and oxygen atoms in total. The quantitative estimate of drug-likeness (QED) is 0.731. The lowest BCUT2D eigenvalue weighted by atomic mass is 10.1. The molecule has 0 saturated carbocycles. The fraction of sp³-hybridized carbons (Fsp3) is 0.158. The molecule has 0 bridgehead atoms. The Morgan fingerprint density at radius 2 is 1.83 bits per heavy atom. The second-order valence-electron chi connectivity index (χ2n) is 5.34. The average molecular weight is 355 g/mol. The molecule has 1 aliphatic heterocycles. The van der Waals surface area contributed by atoms with Crippen LogP contribution in [0.25, 0.3) is 6.08 Å². The first-order valence-corrected chi connectivity index (χ1v) is 9.53. The first kappa shape index (κ1) is 16.9. The molecule has 2 aromatic carbocycles. The van der Waals surface area contributed by atoms with Crippen LogP contribution in [0.4, 0.5) is 0 Å². The first-order chi connectivity index (χ1) is 11.6. The van der Waals surface area contributed by atoms with Gasteiger partial charge in [-0.05, 0) is 42.5 Å². The number of aliphatic imine (C=N–C) groups is 1. The van der Waals surface area contributed by atoms with Gasteiger partial charge in [0.15, 0.2) is 0 Å². The lowest BCUT2D eigenvalue weighted by Crippen LogP contribution is -1.95. The molecule has 0 radical (unpaired) electrons. The lowest BCUT2D eigenvalue weighted by Gasteiger charge is -2.07. The first-order valence-electron chi connectivity index (χ1n) is 7.49. The summed E-state index contributed by atoms with van der Waals surface area (Å²) in [6, 6.07) is 16.0.